The van der Waals surface area contributed by atoms with Gasteiger partial charge >= 0.3 is 0 Å². The summed E-state index contributed by atoms with van der Waals surface area (Å²) in [6, 6.07) is 8.17. The van der Waals surface area contributed by atoms with E-state index in [4.69, 9.17) is 0 Å². The number of rotatable bonds is 2. The summed E-state index contributed by atoms with van der Waals surface area (Å²) >= 11 is 0. The standard InChI is InChI=1S/C22H25FN2O3S/c1-14-11-17-5-4-9-25(22(17)20(23)12-14)29(27,28)18-6-7-19-15(2)8-10-24(16(3)26)21(19)13-18/h6-7,11-13,15H,4-5,8-10H2,1-3H3. The van der Waals surface area contributed by atoms with Crippen molar-refractivity contribution in [3.8, 4) is 0 Å². The first-order chi connectivity index (χ1) is 13.7. The molecule has 1 atom stereocenters. The molecule has 2 heterocycles. The van der Waals surface area contributed by atoms with Crippen molar-refractivity contribution in [2.75, 3.05) is 22.3 Å². The molecule has 29 heavy (non-hydrogen) atoms. The minimum absolute atomic E-state index is 0.0874. The number of anilines is 2. The van der Waals surface area contributed by atoms with E-state index in [1.165, 1.54) is 17.3 Å². The molecule has 0 aromatic heterocycles. The second-order valence-corrected chi connectivity index (χ2v) is 9.88. The largest absolute Gasteiger partial charge is 0.312 e. The Morgan fingerprint density at radius 2 is 1.93 bits per heavy atom. The van der Waals surface area contributed by atoms with E-state index in [0.717, 1.165) is 17.5 Å². The van der Waals surface area contributed by atoms with Gasteiger partial charge in [-0.25, -0.2) is 12.8 Å². The van der Waals surface area contributed by atoms with Crippen molar-refractivity contribution in [1.29, 1.82) is 0 Å². The number of hydrogen-bond acceptors (Lipinski definition) is 3. The highest BCUT2D eigenvalue weighted by molar-refractivity contribution is 7.92. The average Bonchev–Trinajstić information content (AvgIpc) is 2.67. The fraction of sp³-hybridized carbons (Fsp3) is 0.409. The highest BCUT2D eigenvalue weighted by Gasteiger charge is 2.33. The van der Waals surface area contributed by atoms with E-state index in [1.54, 1.807) is 30.0 Å². The van der Waals surface area contributed by atoms with Gasteiger partial charge in [-0.05, 0) is 67.0 Å². The number of fused-ring (bicyclic) bond motifs is 2. The molecule has 2 aromatic carbocycles. The summed E-state index contributed by atoms with van der Waals surface area (Å²) in [5, 5.41) is 0. The molecule has 0 radical (unpaired) electrons. The van der Waals surface area contributed by atoms with Crippen molar-refractivity contribution < 1.29 is 17.6 Å². The molecule has 154 valence electrons. The minimum atomic E-state index is -3.96. The summed E-state index contributed by atoms with van der Waals surface area (Å²) in [5.74, 6) is -0.383. The van der Waals surface area contributed by atoms with Gasteiger partial charge in [0.25, 0.3) is 10.0 Å². The lowest BCUT2D eigenvalue weighted by atomic mass is 9.91. The molecule has 1 amide bonds. The Balaban J connectivity index is 1.83. The van der Waals surface area contributed by atoms with Crippen molar-refractivity contribution >= 4 is 27.3 Å². The number of aryl methyl sites for hydroxylation is 2. The molecular weight excluding hydrogens is 391 g/mol. The van der Waals surface area contributed by atoms with Crippen LogP contribution in [0.25, 0.3) is 0 Å². The zero-order valence-electron chi connectivity index (χ0n) is 16.9. The fourth-order valence-corrected chi connectivity index (χ4v) is 6.00. The third-order valence-corrected chi connectivity index (χ3v) is 7.72. The lowest BCUT2D eigenvalue weighted by molar-refractivity contribution is -0.116. The Morgan fingerprint density at radius 3 is 2.66 bits per heavy atom. The molecule has 2 aliphatic heterocycles. The molecule has 4 rings (SSSR count). The van der Waals surface area contributed by atoms with Gasteiger partial charge in [-0.1, -0.05) is 19.1 Å². The number of sulfonamides is 1. The van der Waals surface area contributed by atoms with E-state index in [0.29, 0.717) is 30.6 Å². The van der Waals surface area contributed by atoms with Crippen LogP contribution in [0, 0.1) is 12.7 Å². The number of carbonyl (C=O) groups is 1. The number of hydrogen-bond donors (Lipinski definition) is 0. The average molecular weight is 417 g/mol. The first-order valence-corrected chi connectivity index (χ1v) is 11.4. The summed E-state index contributed by atoms with van der Waals surface area (Å²) in [6.07, 6.45) is 2.12. The van der Waals surface area contributed by atoms with E-state index < -0.39 is 15.8 Å². The number of carbonyl (C=O) groups excluding carboxylic acids is 1. The number of benzene rings is 2. The second-order valence-electron chi connectivity index (χ2n) is 8.02. The van der Waals surface area contributed by atoms with Gasteiger partial charge in [-0.15, -0.1) is 0 Å². The number of nitrogens with zero attached hydrogens (tertiary/aromatic N) is 2. The maximum atomic E-state index is 14.8. The van der Waals surface area contributed by atoms with Crippen LogP contribution in [0.5, 0.6) is 0 Å². The molecule has 0 saturated heterocycles. The first-order valence-electron chi connectivity index (χ1n) is 9.94. The van der Waals surface area contributed by atoms with Crippen LogP contribution in [0.1, 0.15) is 49.3 Å². The topological polar surface area (TPSA) is 57.7 Å². The van der Waals surface area contributed by atoms with E-state index >= 15 is 0 Å². The molecular formula is C22H25FN2O3S. The molecule has 0 aliphatic carbocycles. The predicted octanol–water partition coefficient (Wildman–Crippen LogP) is 4.14. The number of amides is 1. The molecule has 0 N–H and O–H groups in total. The van der Waals surface area contributed by atoms with E-state index in [1.807, 2.05) is 6.07 Å². The lowest BCUT2D eigenvalue weighted by Gasteiger charge is -2.34. The maximum absolute atomic E-state index is 14.8. The molecule has 2 aromatic rings. The molecule has 5 nitrogen and oxygen atoms in total. The van der Waals surface area contributed by atoms with Gasteiger partial charge in [0.05, 0.1) is 10.6 Å². The van der Waals surface area contributed by atoms with Crippen LogP contribution < -0.4 is 9.21 Å². The van der Waals surface area contributed by atoms with E-state index in [9.17, 15) is 17.6 Å². The highest BCUT2D eigenvalue weighted by Crippen LogP contribution is 2.39. The van der Waals surface area contributed by atoms with Gasteiger partial charge in [0, 0.05) is 25.7 Å². The zero-order chi connectivity index (χ0) is 20.9. The summed E-state index contributed by atoms with van der Waals surface area (Å²) in [4.78, 5) is 13.8. The maximum Gasteiger partial charge on any atom is 0.264 e. The van der Waals surface area contributed by atoms with Crippen LogP contribution in [0.3, 0.4) is 0 Å². The third-order valence-electron chi connectivity index (χ3n) is 5.92. The van der Waals surface area contributed by atoms with Crippen molar-refractivity contribution in [3.05, 3.63) is 52.8 Å². The Kier molecular flexibility index (Phi) is 4.89. The van der Waals surface area contributed by atoms with Crippen LogP contribution in [-0.2, 0) is 21.2 Å². The van der Waals surface area contributed by atoms with Crippen LogP contribution in [0.2, 0.25) is 0 Å². The first kappa shape index (κ1) is 19.9. The SMILES string of the molecule is CC(=O)N1CCC(C)c2ccc(S(=O)(=O)N3CCCc4cc(C)cc(F)c43)cc21. The molecule has 2 aliphatic rings. The van der Waals surface area contributed by atoms with Gasteiger partial charge in [0.15, 0.2) is 0 Å². The summed E-state index contributed by atoms with van der Waals surface area (Å²) in [5.41, 5.74) is 3.25. The molecule has 0 fully saturated rings. The minimum Gasteiger partial charge on any atom is -0.312 e. The summed E-state index contributed by atoms with van der Waals surface area (Å²) in [6.45, 7) is 6.16. The Bertz CT molecular complexity index is 1100. The normalized spacial score (nSPS) is 19.0. The van der Waals surface area contributed by atoms with Crippen LogP contribution in [-0.4, -0.2) is 27.4 Å². The zero-order valence-corrected chi connectivity index (χ0v) is 17.7. The van der Waals surface area contributed by atoms with Crippen LogP contribution in [0.15, 0.2) is 35.2 Å². The van der Waals surface area contributed by atoms with Crippen molar-refractivity contribution in [1.82, 2.24) is 0 Å². The van der Waals surface area contributed by atoms with Crippen molar-refractivity contribution in [2.24, 2.45) is 0 Å². The lowest BCUT2D eigenvalue weighted by Crippen LogP contribution is -2.37. The molecule has 0 spiro atoms. The summed E-state index contributed by atoms with van der Waals surface area (Å²) in [7, 11) is -3.96. The molecule has 7 heteroatoms. The van der Waals surface area contributed by atoms with E-state index in [-0.39, 0.29) is 29.0 Å². The molecule has 1 unspecified atom stereocenters. The van der Waals surface area contributed by atoms with Crippen LogP contribution >= 0.6 is 0 Å². The Morgan fingerprint density at radius 1 is 1.17 bits per heavy atom. The van der Waals surface area contributed by atoms with Gasteiger partial charge in [0.1, 0.15) is 5.82 Å². The van der Waals surface area contributed by atoms with Gasteiger partial charge in [0.2, 0.25) is 5.91 Å². The Hall–Kier alpha value is -2.41. The predicted molar refractivity (Wildman–Crippen MR) is 111 cm³/mol. The molecule has 0 saturated carbocycles. The summed E-state index contributed by atoms with van der Waals surface area (Å²) < 4.78 is 42.9. The van der Waals surface area contributed by atoms with Gasteiger partial charge < -0.3 is 4.90 Å². The Labute approximate surface area is 171 Å². The monoisotopic (exact) mass is 416 g/mol. The quantitative estimate of drug-likeness (QED) is 0.739. The van der Waals surface area contributed by atoms with Crippen LogP contribution in [0.4, 0.5) is 15.8 Å². The smallest absolute Gasteiger partial charge is 0.264 e. The highest BCUT2D eigenvalue weighted by atomic mass is 32.2. The van der Waals surface area contributed by atoms with Crippen molar-refractivity contribution in [2.45, 2.75) is 50.8 Å². The fourth-order valence-electron chi connectivity index (χ4n) is 4.43. The van der Waals surface area contributed by atoms with E-state index in [2.05, 4.69) is 6.92 Å². The van der Waals surface area contributed by atoms with Gasteiger partial charge in [-0.2, -0.15) is 0 Å². The second kappa shape index (κ2) is 7.13. The number of halogens is 1. The third kappa shape index (κ3) is 3.31. The van der Waals surface area contributed by atoms with Gasteiger partial charge in [-0.3, -0.25) is 9.10 Å². The molecule has 0 bridgehead atoms. The van der Waals surface area contributed by atoms with Crippen molar-refractivity contribution in [3.63, 3.8) is 0 Å².